The van der Waals surface area contributed by atoms with Gasteiger partial charge in [0.05, 0.1) is 0 Å². The minimum absolute atomic E-state index is 0.0272. The first-order chi connectivity index (χ1) is 29.6. The Labute approximate surface area is 379 Å². The molecule has 0 spiro atoms. The van der Waals surface area contributed by atoms with Crippen LogP contribution in [0.1, 0.15) is 116 Å². The Hall–Kier alpha value is -3.15. The number of aromatic nitrogens is 2. The second-order valence-electron chi connectivity index (χ2n) is 14.3. The molecule has 0 aliphatic rings. The van der Waals surface area contributed by atoms with Gasteiger partial charge in [0.15, 0.2) is 0 Å². The molecule has 17 heteroatoms. The summed E-state index contributed by atoms with van der Waals surface area (Å²) in [5.74, 6) is 1.65. The molecular formula is C44H64B2N4O7S4. The van der Waals surface area contributed by atoms with Crippen LogP contribution in [0.5, 0.6) is 0 Å². The third-order valence-corrected chi connectivity index (χ3v) is 13.7. The average Bonchev–Trinajstić information content (AvgIpc) is 3.25. The second kappa shape index (κ2) is 36.3. The van der Waals surface area contributed by atoms with E-state index in [0.717, 1.165) is 41.5 Å². The van der Waals surface area contributed by atoms with E-state index in [1.165, 1.54) is 88.9 Å². The highest BCUT2D eigenvalue weighted by Crippen LogP contribution is 2.30. The van der Waals surface area contributed by atoms with Gasteiger partial charge in [-0.05, 0) is 107 Å². The summed E-state index contributed by atoms with van der Waals surface area (Å²) in [6, 6.07) is 25.1. The Morgan fingerprint density at radius 2 is 0.984 bits per heavy atom. The van der Waals surface area contributed by atoms with Gasteiger partial charge in [0, 0.05) is 48.1 Å². The topological polar surface area (TPSA) is 199 Å². The minimum Gasteiger partial charge on any atom is -0.481 e. The van der Waals surface area contributed by atoms with Gasteiger partial charge >= 0.3 is 20.2 Å². The van der Waals surface area contributed by atoms with Crippen LogP contribution in [0.25, 0.3) is 0 Å². The highest BCUT2D eigenvalue weighted by atomic mass is 33.1. The fourth-order valence-electron chi connectivity index (χ4n) is 5.72. The predicted molar refractivity (Wildman–Crippen MR) is 261 cm³/mol. The van der Waals surface area contributed by atoms with Crippen LogP contribution in [-0.4, -0.2) is 72.8 Å². The number of benzene rings is 2. The number of carboxylic acids is 1. The van der Waals surface area contributed by atoms with Crippen molar-refractivity contribution in [2.75, 3.05) is 22.6 Å². The van der Waals surface area contributed by atoms with Crippen LogP contribution in [0, 0.1) is 0 Å². The van der Waals surface area contributed by atoms with Crippen LogP contribution in [0.3, 0.4) is 0 Å². The molecule has 2 aromatic carbocycles. The van der Waals surface area contributed by atoms with E-state index in [9.17, 15) is 19.6 Å². The van der Waals surface area contributed by atoms with Crippen molar-refractivity contribution in [2.45, 2.75) is 126 Å². The smallest absolute Gasteiger partial charge is 0.481 e. The number of nitrogens with zero attached hydrogens (tertiary/aromatic N) is 2. The third-order valence-electron chi connectivity index (χ3n) is 8.99. The maximum Gasteiger partial charge on any atom is 0.488 e. The third kappa shape index (κ3) is 30.5. The van der Waals surface area contributed by atoms with Crippen molar-refractivity contribution in [3.63, 3.8) is 0 Å². The maximum absolute atomic E-state index is 12.0. The first-order valence-corrected chi connectivity index (χ1v) is 25.9. The van der Waals surface area contributed by atoms with Gasteiger partial charge in [-0.25, -0.2) is 9.97 Å². The van der Waals surface area contributed by atoms with Crippen molar-refractivity contribution < 1.29 is 34.8 Å². The molecule has 4 aromatic rings. The molecule has 61 heavy (non-hydrogen) atoms. The summed E-state index contributed by atoms with van der Waals surface area (Å²) in [5, 5.41) is 49.2. The van der Waals surface area contributed by atoms with Crippen molar-refractivity contribution in [2.24, 2.45) is 0 Å². The summed E-state index contributed by atoms with van der Waals surface area (Å²) in [6.07, 6.45) is 23.4. The largest absolute Gasteiger partial charge is 0.488 e. The molecule has 2 heterocycles. The molecule has 0 atom stereocenters. The number of aliphatic carboxylic acids is 1. The molecule has 0 aliphatic carbocycles. The average molecular weight is 911 g/mol. The Morgan fingerprint density at radius 1 is 0.541 bits per heavy atom. The Kier molecular flexibility index (Phi) is 32.2. The van der Waals surface area contributed by atoms with Gasteiger partial charge in [-0.3, -0.25) is 9.59 Å². The molecule has 0 aliphatic heterocycles. The Balaban J connectivity index is 0.000000356. The summed E-state index contributed by atoms with van der Waals surface area (Å²) in [5.41, 5.74) is 7.30. The van der Waals surface area contributed by atoms with Crippen molar-refractivity contribution in [3.05, 3.63) is 97.3 Å². The van der Waals surface area contributed by atoms with E-state index in [2.05, 4.69) is 15.3 Å². The summed E-state index contributed by atoms with van der Waals surface area (Å²) < 4.78 is 0. The molecule has 332 valence electrons. The first-order valence-electron chi connectivity index (χ1n) is 21.2. The fourth-order valence-corrected chi connectivity index (χ4v) is 9.77. The molecule has 0 unspecified atom stereocenters. The van der Waals surface area contributed by atoms with E-state index in [0.29, 0.717) is 35.1 Å². The molecule has 0 bridgehead atoms. The molecule has 8 N–H and O–H groups in total. The number of nitrogens with one attached hydrogen (secondary N) is 1. The van der Waals surface area contributed by atoms with E-state index < -0.39 is 20.2 Å². The molecule has 11 nitrogen and oxygen atoms in total. The number of amides is 1. The van der Waals surface area contributed by atoms with Gasteiger partial charge in [-0.2, -0.15) is 0 Å². The quantitative estimate of drug-likeness (QED) is 0.0118. The molecule has 0 saturated carbocycles. The number of carbonyl (C=O) groups is 2. The Morgan fingerprint density at radius 3 is 1.41 bits per heavy atom. The normalized spacial score (nSPS) is 10.5. The summed E-state index contributed by atoms with van der Waals surface area (Å²) in [4.78, 5) is 30.9. The van der Waals surface area contributed by atoms with Crippen molar-refractivity contribution in [3.8, 4) is 0 Å². The van der Waals surface area contributed by atoms with E-state index in [4.69, 9.17) is 20.9 Å². The number of carboxylic acid groups (broad SMARTS) is 1. The minimum atomic E-state index is -1.52. The number of anilines is 2. The number of rotatable bonds is 29. The van der Waals surface area contributed by atoms with E-state index in [1.807, 2.05) is 70.4 Å². The lowest BCUT2D eigenvalue weighted by molar-refractivity contribution is -0.137. The van der Waals surface area contributed by atoms with Crippen LogP contribution < -0.4 is 22.0 Å². The molecule has 1 amide bonds. The van der Waals surface area contributed by atoms with E-state index in [-0.39, 0.29) is 5.91 Å². The number of carbonyl (C=O) groups excluding carboxylic acids is 1. The highest BCUT2D eigenvalue weighted by molar-refractivity contribution is 8.77. The summed E-state index contributed by atoms with van der Waals surface area (Å²) in [7, 11) is 4.32. The fraction of sp³-hybridized carbons (Fsp3) is 0.455. The van der Waals surface area contributed by atoms with Crippen molar-refractivity contribution in [1.29, 1.82) is 0 Å². The lowest BCUT2D eigenvalue weighted by Gasteiger charge is -2.07. The molecule has 0 fully saturated rings. The van der Waals surface area contributed by atoms with Crippen LogP contribution >= 0.6 is 43.2 Å². The van der Waals surface area contributed by atoms with Crippen LogP contribution in [0.4, 0.5) is 11.4 Å². The van der Waals surface area contributed by atoms with E-state index >= 15 is 0 Å². The maximum atomic E-state index is 12.0. The van der Waals surface area contributed by atoms with Crippen molar-refractivity contribution in [1.82, 2.24) is 9.97 Å². The number of hydrogen-bond acceptors (Lipinski definition) is 13. The first kappa shape index (κ1) is 54.0. The lowest BCUT2D eigenvalue weighted by atomic mass is 9.80. The zero-order valence-electron chi connectivity index (χ0n) is 35.2. The van der Waals surface area contributed by atoms with Gasteiger partial charge < -0.3 is 36.3 Å². The Bertz CT molecular complexity index is 1710. The van der Waals surface area contributed by atoms with Gasteiger partial charge in [-0.15, -0.1) is 0 Å². The SMILES string of the molecule is Nc1cccc(B(O)O)c1.O=C(CCCCCCCCCCSSc1ccccn1)Nc1cccc(B(O)O)c1.O=C(O)CCCCCCCCCCSSc1ccccn1. The number of nitrogen functional groups attached to an aromatic ring is 1. The van der Waals surface area contributed by atoms with Crippen LogP contribution in [0.15, 0.2) is 107 Å². The van der Waals surface area contributed by atoms with Gasteiger partial charge in [0.1, 0.15) is 10.1 Å². The van der Waals surface area contributed by atoms with Crippen LogP contribution in [-0.2, 0) is 9.59 Å². The standard InChI is InChI=1S/C22H31BN2O3S2.C16H25NO2S2.C6H8BNO2/c26-21(25-20-13-11-12-19(18-20)23(27)28)14-7-5-3-1-2-4-6-10-17-29-30-22-15-8-9-16-24-22;18-16(19)12-7-5-3-1-2-4-6-10-14-20-21-15-11-8-9-13-17-15;8-6-3-1-2-5(4-6)7(9)10/h8-9,11-13,15-16,18,27-28H,1-7,10,14,17H2,(H,25,26);8-9,11,13H,1-7,10,12,14H2,(H,18,19);1-4,9-10H,8H2. The van der Waals surface area contributed by atoms with Gasteiger partial charge in [0.25, 0.3) is 0 Å². The summed E-state index contributed by atoms with van der Waals surface area (Å²) >= 11 is 0. The number of nitrogens with two attached hydrogens (primary N) is 1. The van der Waals surface area contributed by atoms with Crippen molar-refractivity contribution >= 4 is 91.6 Å². The number of hydrogen-bond donors (Lipinski definition) is 7. The molecule has 4 rings (SSSR count). The lowest BCUT2D eigenvalue weighted by Crippen LogP contribution is -2.30. The molecular weight excluding hydrogens is 846 g/mol. The van der Waals surface area contributed by atoms with Crippen LogP contribution in [0.2, 0.25) is 0 Å². The number of unbranched alkanes of at least 4 members (excludes halogenated alkanes) is 14. The van der Waals surface area contributed by atoms with E-state index in [1.54, 1.807) is 64.1 Å². The highest BCUT2D eigenvalue weighted by Gasteiger charge is 2.12. The zero-order chi connectivity index (χ0) is 44.2. The zero-order valence-corrected chi connectivity index (χ0v) is 38.5. The summed E-state index contributed by atoms with van der Waals surface area (Å²) in [6.45, 7) is 0. The molecule has 0 saturated heterocycles. The second-order valence-corrected chi connectivity index (χ2v) is 19.2. The van der Waals surface area contributed by atoms with Gasteiger partial charge in [-0.1, -0.05) is 135 Å². The monoisotopic (exact) mass is 910 g/mol. The molecule has 2 aromatic heterocycles. The number of pyridine rings is 2. The predicted octanol–water partition coefficient (Wildman–Crippen LogP) is 9.02. The van der Waals surface area contributed by atoms with Gasteiger partial charge in [0.2, 0.25) is 5.91 Å². The molecule has 0 radical (unpaired) electrons.